The summed E-state index contributed by atoms with van der Waals surface area (Å²) < 4.78 is 0. The number of anilines is 2. The lowest BCUT2D eigenvalue weighted by Crippen LogP contribution is -2.51. The molecule has 9 heteroatoms. The SMILES string of the molecule is CCN(C(=O)Nc1cc(NC(=O)c2c(Cl)cccc2Cl)ccn1)C1CC(O)C1. The van der Waals surface area contributed by atoms with Gasteiger partial charge < -0.3 is 15.3 Å². The van der Waals surface area contributed by atoms with E-state index in [-0.39, 0.29) is 33.8 Å². The number of pyridine rings is 1. The van der Waals surface area contributed by atoms with Crippen molar-refractivity contribution < 1.29 is 14.7 Å². The molecule has 1 fully saturated rings. The number of benzene rings is 1. The van der Waals surface area contributed by atoms with E-state index in [1.165, 1.54) is 6.20 Å². The molecule has 1 aliphatic carbocycles. The summed E-state index contributed by atoms with van der Waals surface area (Å²) in [4.78, 5) is 30.8. The van der Waals surface area contributed by atoms with Crippen LogP contribution in [-0.4, -0.2) is 45.6 Å². The van der Waals surface area contributed by atoms with Crippen LogP contribution in [0, 0.1) is 0 Å². The topological polar surface area (TPSA) is 94.6 Å². The number of nitrogens with one attached hydrogen (secondary N) is 2. The Balaban J connectivity index is 1.68. The van der Waals surface area contributed by atoms with E-state index in [9.17, 15) is 14.7 Å². The van der Waals surface area contributed by atoms with Crippen molar-refractivity contribution in [2.75, 3.05) is 17.2 Å². The van der Waals surface area contributed by atoms with Crippen LogP contribution in [0.4, 0.5) is 16.3 Å². The molecule has 0 atom stereocenters. The summed E-state index contributed by atoms with van der Waals surface area (Å²) in [7, 11) is 0. The zero-order valence-corrected chi connectivity index (χ0v) is 16.7. The lowest BCUT2D eigenvalue weighted by molar-refractivity contribution is 0.0217. The lowest BCUT2D eigenvalue weighted by atomic mass is 9.88. The molecule has 1 saturated carbocycles. The highest BCUT2D eigenvalue weighted by atomic mass is 35.5. The molecule has 1 aromatic heterocycles. The molecule has 2 aromatic rings. The Morgan fingerprint density at radius 1 is 1.21 bits per heavy atom. The molecule has 0 aliphatic heterocycles. The fraction of sp³-hybridized carbons (Fsp3) is 0.316. The van der Waals surface area contributed by atoms with Gasteiger partial charge in [-0.25, -0.2) is 9.78 Å². The molecule has 7 nitrogen and oxygen atoms in total. The van der Waals surface area contributed by atoms with Crippen molar-refractivity contribution in [3.8, 4) is 0 Å². The number of hydrogen-bond acceptors (Lipinski definition) is 4. The van der Waals surface area contributed by atoms with Crippen molar-refractivity contribution in [3.05, 3.63) is 52.1 Å². The Labute approximate surface area is 172 Å². The number of aliphatic hydroxyl groups is 1. The number of urea groups is 1. The average molecular weight is 423 g/mol. The van der Waals surface area contributed by atoms with Crippen molar-refractivity contribution in [2.45, 2.75) is 31.9 Å². The van der Waals surface area contributed by atoms with Gasteiger partial charge in [0, 0.05) is 30.5 Å². The predicted molar refractivity (Wildman–Crippen MR) is 109 cm³/mol. The number of hydrogen-bond donors (Lipinski definition) is 3. The van der Waals surface area contributed by atoms with Gasteiger partial charge in [-0.05, 0) is 38.0 Å². The number of rotatable bonds is 5. The normalized spacial score (nSPS) is 18.1. The Kier molecular flexibility index (Phi) is 6.39. The third-order valence-corrected chi connectivity index (χ3v) is 5.20. The Bertz CT molecular complexity index is 867. The largest absolute Gasteiger partial charge is 0.393 e. The van der Waals surface area contributed by atoms with Crippen LogP contribution < -0.4 is 10.6 Å². The zero-order valence-electron chi connectivity index (χ0n) is 15.2. The summed E-state index contributed by atoms with van der Waals surface area (Å²) >= 11 is 12.1. The van der Waals surface area contributed by atoms with Gasteiger partial charge in [-0.1, -0.05) is 29.3 Å². The minimum atomic E-state index is -0.460. The van der Waals surface area contributed by atoms with Crippen LogP contribution in [0.15, 0.2) is 36.5 Å². The van der Waals surface area contributed by atoms with Gasteiger partial charge in [0.25, 0.3) is 5.91 Å². The quantitative estimate of drug-likeness (QED) is 0.677. The first-order valence-electron chi connectivity index (χ1n) is 8.86. The molecule has 3 amide bonds. The van der Waals surface area contributed by atoms with Gasteiger partial charge in [-0.2, -0.15) is 0 Å². The molecule has 1 aliphatic rings. The smallest absolute Gasteiger partial charge is 0.323 e. The van der Waals surface area contributed by atoms with E-state index < -0.39 is 5.91 Å². The van der Waals surface area contributed by atoms with Gasteiger partial charge in [-0.15, -0.1) is 0 Å². The Morgan fingerprint density at radius 3 is 2.50 bits per heavy atom. The number of carbonyl (C=O) groups is 2. The van der Waals surface area contributed by atoms with Crippen molar-refractivity contribution in [3.63, 3.8) is 0 Å². The molecular weight excluding hydrogens is 403 g/mol. The number of amides is 3. The first kappa shape index (κ1) is 20.4. The minimum absolute atomic E-state index is 0.0187. The minimum Gasteiger partial charge on any atom is -0.393 e. The summed E-state index contributed by atoms with van der Waals surface area (Å²) in [6.45, 7) is 2.40. The molecule has 1 aromatic carbocycles. The van der Waals surface area contributed by atoms with Gasteiger partial charge in [0.2, 0.25) is 0 Å². The maximum atomic E-state index is 12.5. The van der Waals surface area contributed by atoms with Crippen LogP contribution in [0.25, 0.3) is 0 Å². The fourth-order valence-electron chi connectivity index (χ4n) is 3.05. The van der Waals surface area contributed by atoms with E-state index in [1.807, 2.05) is 6.92 Å². The van der Waals surface area contributed by atoms with Gasteiger partial charge in [0.15, 0.2) is 0 Å². The molecule has 0 radical (unpaired) electrons. The maximum Gasteiger partial charge on any atom is 0.323 e. The van der Waals surface area contributed by atoms with Crippen LogP contribution in [0.2, 0.25) is 10.0 Å². The molecule has 0 bridgehead atoms. The first-order chi connectivity index (χ1) is 13.4. The van der Waals surface area contributed by atoms with Crippen molar-refractivity contribution in [1.82, 2.24) is 9.88 Å². The molecule has 3 N–H and O–H groups in total. The van der Waals surface area contributed by atoms with E-state index in [0.717, 1.165) is 0 Å². The van der Waals surface area contributed by atoms with E-state index >= 15 is 0 Å². The lowest BCUT2D eigenvalue weighted by Gasteiger charge is -2.39. The van der Waals surface area contributed by atoms with Gasteiger partial charge in [-0.3, -0.25) is 10.1 Å². The Morgan fingerprint density at radius 2 is 1.89 bits per heavy atom. The monoisotopic (exact) mass is 422 g/mol. The molecular formula is C19H20Cl2N4O3. The molecule has 28 heavy (non-hydrogen) atoms. The van der Waals surface area contributed by atoms with Crippen LogP contribution in [-0.2, 0) is 0 Å². The highest BCUT2D eigenvalue weighted by molar-refractivity contribution is 6.40. The van der Waals surface area contributed by atoms with Crippen LogP contribution in [0.3, 0.4) is 0 Å². The number of nitrogens with zero attached hydrogens (tertiary/aromatic N) is 2. The molecule has 0 unspecified atom stereocenters. The number of aromatic nitrogens is 1. The predicted octanol–water partition coefficient (Wildman–Crippen LogP) is 4.02. The number of aliphatic hydroxyl groups excluding tert-OH is 1. The number of halogens is 2. The third-order valence-electron chi connectivity index (χ3n) is 4.57. The van der Waals surface area contributed by atoms with Gasteiger partial charge in [0.05, 0.1) is 21.7 Å². The second-order valence-electron chi connectivity index (χ2n) is 6.48. The van der Waals surface area contributed by atoms with Crippen molar-refractivity contribution in [1.29, 1.82) is 0 Å². The second kappa shape index (κ2) is 8.77. The zero-order chi connectivity index (χ0) is 20.3. The Hall–Kier alpha value is -2.35. The van der Waals surface area contributed by atoms with Crippen LogP contribution in [0.5, 0.6) is 0 Å². The average Bonchev–Trinajstić information content (AvgIpc) is 2.61. The summed E-state index contributed by atoms with van der Waals surface area (Å²) in [5.41, 5.74) is 0.613. The summed E-state index contributed by atoms with van der Waals surface area (Å²) in [5, 5.41) is 15.4. The highest BCUT2D eigenvalue weighted by Gasteiger charge is 2.34. The van der Waals surface area contributed by atoms with Crippen molar-refractivity contribution in [2.24, 2.45) is 0 Å². The summed E-state index contributed by atoms with van der Waals surface area (Å²) in [6, 6.07) is 7.67. The highest BCUT2D eigenvalue weighted by Crippen LogP contribution is 2.27. The standard InChI is InChI=1S/C19H20Cl2N4O3/c1-2-25(12-9-13(26)10-12)19(28)24-16-8-11(6-7-22-16)23-18(27)17-14(20)4-3-5-15(17)21/h3-8,12-13,26H,2,9-10H2,1H3,(H2,22,23,24,27,28). The molecule has 148 valence electrons. The fourth-order valence-corrected chi connectivity index (χ4v) is 3.62. The molecule has 1 heterocycles. The van der Waals surface area contributed by atoms with E-state index in [2.05, 4.69) is 15.6 Å². The third kappa shape index (κ3) is 4.55. The van der Waals surface area contributed by atoms with E-state index in [0.29, 0.717) is 30.9 Å². The van der Waals surface area contributed by atoms with Crippen molar-refractivity contribution >= 4 is 46.6 Å². The van der Waals surface area contributed by atoms with E-state index in [1.54, 1.807) is 35.2 Å². The van der Waals surface area contributed by atoms with Crippen LogP contribution >= 0.6 is 23.2 Å². The van der Waals surface area contributed by atoms with Crippen LogP contribution in [0.1, 0.15) is 30.1 Å². The second-order valence-corrected chi connectivity index (χ2v) is 7.29. The summed E-state index contributed by atoms with van der Waals surface area (Å²) in [6.07, 6.45) is 2.27. The van der Waals surface area contributed by atoms with E-state index in [4.69, 9.17) is 23.2 Å². The molecule has 3 rings (SSSR count). The van der Waals surface area contributed by atoms with Gasteiger partial charge >= 0.3 is 6.03 Å². The molecule has 0 saturated heterocycles. The van der Waals surface area contributed by atoms with Gasteiger partial charge in [0.1, 0.15) is 5.82 Å². The maximum absolute atomic E-state index is 12.5. The first-order valence-corrected chi connectivity index (χ1v) is 9.61. The molecule has 0 spiro atoms. The summed E-state index contributed by atoms with van der Waals surface area (Å²) in [5.74, 6) is -0.163. The number of carbonyl (C=O) groups excluding carboxylic acids is 2.